The maximum absolute atomic E-state index is 10.1. The molecular weight excluding hydrogens is 328 g/mol. The Hall–Kier alpha value is -1.30. The molecule has 2 rings (SSSR count). The van der Waals surface area contributed by atoms with Crippen molar-refractivity contribution in [1.29, 1.82) is 5.26 Å². The molecule has 2 nitrogen and oxygen atoms in total. The van der Waals surface area contributed by atoms with Crippen molar-refractivity contribution in [1.82, 2.24) is 5.32 Å². The zero-order chi connectivity index (χ0) is 17.4. The van der Waals surface area contributed by atoms with E-state index in [0.717, 1.165) is 24.9 Å². The lowest BCUT2D eigenvalue weighted by molar-refractivity contribution is 0.275. The maximum atomic E-state index is 10.1. The zero-order valence-corrected chi connectivity index (χ0v) is 16.7. The molecule has 0 aromatic heterocycles. The average molecular weight is 361 g/mol. The third kappa shape index (κ3) is 5.09. The first-order valence-corrected chi connectivity index (χ1v) is 9.53. The van der Waals surface area contributed by atoms with Gasteiger partial charge in [0.1, 0.15) is 0 Å². The van der Waals surface area contributed by atoms with Crippen LogP contribution >= 0.6 is 12.4 Å². The molecule has 1 aromatic carbocycles. The average Bonchev–Trinajstić information content (AvgIpc) is 2.62. The number of halogens is 1. The van der Waals surface area contributed by atoms with Crippen molar-refractivity contribution in [2.45, 2.75) is 70.8 Å². The second-order valence-corrected chi connectivity index (χ2v) is 7.27. The van der Waals surface area contributed by atoms with E-state index in [9.17, 15) is 5.26 Å². The highest BCUT2D eigenvalue weighted by molar-refractivity contribution is 5.85. The Morgan fingerprint density at radius 1 is 1.20 bits per heavy atom. The van der Waals surface area contributed by atoms with Crippen molar-refractivity contribution in [3.63, 3.8) is 0 Å². The molecule has 0 heterocycles. The fourth-order valence-electron chi connectivity index (χ4n) is 4.09. The van der Waals surface area contributed by atoms with Gasteiger partial charge in [-0.3, -0.25) is 0 Å². The number of nitrogens with one attached hydrogen (secondary N) is 1. The van der Waals surface area contributed by atoms with E-state index >= 15 is 0 Å². The fraction of sp³-hybridized carbons (Fsp3) is 0.591. The minimum absolute atomic E-state index is 0. The predicted molar refractivity (Wildman–Crippen MR) is 109 cm³/mol. The smallest absolute Gasteiger partial charge is 0.0997 e. The molecule has 0 amide bonds. The highest BCUT2D eigenvalue weighted by atomic mass is 35.5. The molecule has 138 valence electrons. The van der Waals surface area contributed by atoms with E-state index in [-0.39, 0.29) is 24.4 Å². The number of nitrogens with zero attached hydrogens (tertiary/aromatic N) is 1. The first-order chi connectivity index (χ1) is 11.6. The minimum Gasteiger partial charge on any atom is -0.312 e. The van der Waals surface area contributed by atoms with E-state index in [0.29, 0.717) is 0 Å². The molecule has 1 aromatic rings. The van der Waals surface area contributed by atoms with Gasteiger partial charge in [0, 0.05) is 6.04 Å². The first-order valence-electron chi connectivity index (χ1n) is 9.53. The number of benzene rings is 1. The lowest BCUT2D eigenvalue weighted by Gasteiger charge is -2.39. The van der Waals surface area contributed by atoms with Crippen molar-refractivity contribution in [2.75, 3.05) is 6.54 Å². The van der Waals surface area contributed by atoms with Gasteiger partial charge in [-0.15, -0.1) is 12.4 Å². The first kappa shape index (κ1) is 21.7. The Bertz CT molecular complexity index is 573. The molecule has 25 heavy (non-hydrogen) atoms. The number of hydrogen-bond acceptors (Lipinski definition) is 2. The molecule has 0 aliphatic heterocycles. The summed E-state index contributed by atoms with van der Waals surface area (Å²) in [6.07, 6.45) is 9.66. The van der Waals surface area contributed by atoms with Crippen molar-refractivity contribution < 1.29 is 0 Å². The third-order valence-electron chi connectivity index (χ3n) is 5.53. The summed E-state index contributed by atoms with van der Waals surface area (Å²) < 4.78 is 0. The van der Waals surface area contributed by atoms with E-state index in [1.165, 1.54) is 25.7 Å². The van der Waals surface area contributed by atoms with Gasteiger partial charge in [0.25, 0.3) is 0 Å². The van der Waals surface area contributed by atoms with Crippen LogP contribution in [0.15, 0.2) is 42.0 Å². The lowest BCUT2D eigenvalue weighted by atomic mass is 9.66. The SMILES string of the molecule is CCC(NCCC1=CCCCC1)C(C#N)(c1ccccc1)C(C)C.Cl. The highest BCUT2D eigenvalue weighted by Crippen LogP contribution is 2.36. The van der Waals surface area contributed by atoms with Gasteiger partial charge < -0.3 is 5.32 Å². The van der Waals surface area contributed by atoms with Gasteiger partial charge in [-0.1, -0.05) is 62.8 Å². The Morgan fingerprint density at radius 3 is 2.44 bits per heavy atom. The van der Waals surface area contributed by atoms with Crippen LogP contribution in [0.3, 0.4) is 0 Å². The maximum Gasteiger partial charge on any atom is 0.0997 e. The molecule has 3 heteroatoms. The summed E-state index contributed by atoms with van der Waals surface area (Å²) in [5, 5.41) is 13.9. The molecule has 0 fully saturated rings. The molecular formula is C22H33ClN2. The molecule has 0 radical (unpaired) electrons. The van der Waals surface area contributed by atoms with Gasteiger partial charge in [-0.25, -0.2) is 0 Å². The van der Waals surface area contributed by atoms with Crippen LogP contribution in [-0.4, -0.2) is 12.6 Å². The topological polar surface area (TPSA) is 35.8 Å². The van der Waals surface area contributed by atoms with Crippen molar-refractivity contribution >= 4 is 12.4 Å². The van der Waals surface area contributed by atoms with E-state index in [2.05, 4.69) is 50.4 Å². The van der Waals surface area contributed by atoms with Crippen LogP contribution in [0.2, 0.25) is 0 Å². The lowest BCUT2D eigenvalue weighted by Crippen LogP contribution is -2.51. The molecule has 1 aliphatic rings. The number of hydrogen-bond donors (Lipinski definition) is 1. The van der Waals surface area contributed by atoms with Crippen LogP contribution in [0.25, 0.3) is 0 Å². The highest BCUT2D eigenvalue weighted by Gasteiger charge is 2.42. The largest absolute Gasteiger partial charge is 0.312 e. The quantitative estimate of drug-likeness (QED) is 0.596. The molecule has 0 saturated heterocycles. The van der Waals surface area contributed by atoms with Crippen LogP contribution in [0.5, 0.6) is 0 Å². The monoisotopic (exact) mass is 360 g/mol. The van der Waals surface area contributed by atoms with E-state index < -0.39 is 5.41 Å². The van der Waals surface area contributed by atoms with Gasteiger partial charge in [0.2, 0.25) is 0 Å². The van der Waals surface area contributed by atoms with Gasteiger partial charge in [-0.05, 0) is 56.6 Å². The van der Waals surface area contributed by atoms with Gasteiger partial charge >= 0.3 is 0 Å². The van der Waals surface area contributed by atoms with E-state index in [4.69, 9.17) is 0 Å². The fourth-order valence-corrected chi connectivity index (χ4v) is 4.09. The van der Waals surface area contributed by atoms with Gasteiger partial charge in [-0.2, -0.15) is 5.26 Å². The second-order valence-electron chi connectivity index (χ2n) is 7.27. The molecule has 1 aliphatic carbocycles. The van der Waals surface area contributed by atoms with E-state index in [1.807, 2.05) is 18.2 Å². The van der Waals surface area contributed by atoms with Gasteiger partial charge in [0.05, 0.1) is 11.5 Å². The van der Waals surface area contributed by atoms with Gasteiger partial charge in [0.15, 0.2) is 0 Å². The molecule has 2 atom stereocenters. The Morgan fingerprint density at radius 2 is 1.92 bits per heavy atom. The third-order valence-corrected chi connectivity index (χ3v) is 5.53. The Labute approximate surface area is 160 Å². The van der Waals surface area contributed by atoms with E-state index in [1.54, 1.807) is 5.57 Å². The van der Waals surface area contributed by atoms with Crippen LogP contribution in [0, 0.1) is 17.2 Å². The summed E-state index contributed by atoms with van der Waals surface area (Å²) in [5.41, 5.74) is 2.26. The molecule has 0 spiro atoms. The van der Waals surface area contributed by atoms with Crippen LogP contribution in [0.1, 0.15) is 64.9 Å². The summed E-state index contributed by atoms with van der Waals surface area (Å²) >= 11 is 0. The van der Waals surface area contributed by atoms with Crippen molar-refractivity contribution in [3.8, 4) is 6.07 Å². The Balaban J connectivity index is 0.00000312. The predicted octanol–water partition coefficient (Wildman–Crippen LogP) is 5.78. The van der Waals surface area contributed by atoms with Crippen LogP contribution in [0.4, 0.5) is 0 Å². The number of nitriles is 1. The number of allylic oxidation sites excluding steroid dienone is 1. The molecule has 0 bridgehead atoms. The van der Waals surface area contributed by atoms with Crippen molar-refractivity contribution in [2.24, 2.45) is 5.92 Å². The standard InChI is InChI=1S/C22H32N2.ClH/c1-4-21(24-16-15-19-11-7-5-8-12-19)22(17-23,18(2)3)20-13-9-6-10-14-20;/h6,9-11,13-14,18,21,24H,4-5,7-8,12,15-16H2,1-3H3;1H. The summed E-state index contributed by atoms with van der Waals surface area (Å²) in [4.78, 5) is 0. The normalized spacial score (nSPS) is 17.8. The van der Waals surface area contributed by atoms with Crippen molar-refractivity contribution in [3.05, 3.63) is 47.5 Å². The molecule has 0 saturated carbocycles. The summed E-state index contributed by atoms with van der Waals surface area (Å²) in [7, 11) is 0. The number of rotatable bonds is 8. The summed E-state index contributed by atoms with van der Waals surface area (Å²) in [6, 6.07) is 13.2. The summed E-state index contributed by atoms with van der Waals surface area (Å²) in [6.45, 7) is 7.50. The van der Waals surface area contributed by atoms with Crippen LogP contribution in [-0.2, 0) is 5.41 Å². The summed E-state index contributed by atoms with van der Waals surface area (Å²) in [5.74, 6) is 0.260. The van der Waals surface area contributed by atoms with Crippen LogP contribution < -0.4 is 5.32 Å². The zero-order valence-electron chi connectivity index (χ0n) is 15.9. The molecule has 1 N–H and O–H groups in total. The molecule has 2 unspecified atom stereocenters. The second kappa shape index (κ2) is 10.6. The Kier molecular flexibility index (Phi) is 9.25. The minimum atomic E-state index is -0.475.